The van der Waals surface area contributed by atoms with Crippen molar-refractivity contribution >= 4 is 17.9 Å². The largest absolute Gasteiger partial charge is 0.465 e. The quantitative estimate of drug-likeness (QED) is 0.789. The van der Waals surface area contributed by atoms with Crippen LogP contribution in [0.1, 0.15) is 10.4 Å². The highest BCUT2D eigenvalue weighted by Gasteiger charge is 2.20. The van der Waals surface area contributed by atoms with Crippen LogP contribution >= 0.6 is 0 Å². The minimum absolute atomic E-state index is 0.149. The average molecular weight is 316 g/mol. The molecule has 1 aliphatic heterocycles. The summed E-state index contributed by atoms with van der Waals surface area (Å²) in [5, 5.41) is 0. The topological polar surface area (TPSA) is 116 Å². The Morgan fingerprint density at radius 3 is 2.57 bits per heavy atom. The van der Waals surface area contributed by atoms with Gasteiger partial charge < -0.3 is 20.1 Å². The molecule has 0 saturated carbocycles. The van der Waals surface area contributed by atoms with Gasteiger partial charge in [0.2, 0.25) is 11.9 Å². The van der Waals surface area contributed by atoms with E-state index in [4.69, 9.17) is 15.2 Å². The second kappa shape index (κ2) is 6.53. The monoisotopic (exact) mass is 316 g/mol. The molecule has 1 saturated heterocycles. The summed E-state index contributed by atoms with van der Waals surface area (Å²) in [4.78, 5) is 30.6. The number of aromatic nitrogens is 4. The summed E-state index contributed by atoms with van der Waals surface area (Å²) >= 11 is 0. The van der Waals surface area contributed by atoms with Crippen LogP contribution in [0.2, 0.25) is 0 Å². The number of rotatable bonds is 3. The Morgan fingerprint density at radius 2 is 1.91 bits per heavy atom. The Bertz CT molecular complexity index is 700. The lowest BCUT2D eigenvalue weighted by atomic mass is 10.1. The lowest BCUT2D eigenvalue weighted by Crippen LogP contribution is -2.37. The number of carbonyl (C=O) groups is 1. The minimum Gasteiger partial charge on any atom is -0.465 e. The maximum atomic E-state index is 12.0. The number of hydrogen-bond acceptors (Lipinski definition) is 9. The molecule has 0 atom stereocenters. The van der Waals surface area contributed by atoms with Gasteiger partial charge in [-0.25, -0.2) is 24.7 Å². The zero-order valence-electron chi connectivity index (χ0n) is 12.6. The second-order valence-corrected chi connectivity index (χ2v) is 4.85. The molecule has 2 aromatic rings. The molecule has 23 heavy (non-hydrogen) atoms. The molecular weight excluding hydrogens is 300 g/mol. The van der Waals surface area contributed by atoms with Gasteiger partial charge in [-0.1, -0.05) is 0 Å². The Morgan fingerprint density at radius 1 is 1.22 bits per heavy atom. The number of ether oxygens (including phenoxy) is 2. The van der Waals surface area contributed by atoms with Gasteiger partial charge in [0.15, 0.2) is 0 Å². The normalized spacial score (nSPS) is 14.6. The molecule has 0 bridgehead atoms. The first-order valence-corrected chi connectivity index (χ1v) is 7.05. The molecule has 0 radical (unpaired) electrons. The first kappa shape index (κ1) is 15.1. The van der Waals surface area contributed by atoms with Crippen molar-refractivity contribution in [3.63, 3.8) is 0 Å². The van der Waals surface area contributed by atoms with Crippen LogP contribution in [0, 0.1) is 0 Å². The maximum absolute atomic E-state index is 12.0. The molecule has 2 N–H and O–H groups in total. The molecule has 2 aromatic heterocycles. The van der Waals surface area contributed by atoms with Crippen LogP contribution in [0.25, 0.3) is 11.3 Å². The van der Waals surface area contributed by atoms with Gasteiger partial charge in [-0.15, -0.1) is 0 Å². The van der Waals surface area contributed by atoms with E-state index in [0.29, 0.717) is 43.5 Å². The summed E-state index contributed by atoms with van der Waals surface area (Å²) in [5.41, 5.74) is 6.73. The number of nitrogens with zero attached hydrogens (tertiary/aromatic N) is 5. The second-order valence-electron chi connectivity index (χ2n) is 4.85. The third-order valence-electron chi connectivity index (χ3n) is 3.42. The minimum atomic E-state index is -0.523. The van der Waals surface area contributed by atoms with Crippen molar-refractivity contribution in [3.05, 3.63) is 24.2 Å². The van der Waals surface area contributed by atoms with E-state index < -0.39 is 5.97 Å². The van der Waals surface area contributed by atoms with Crippen LogP contribution in [-0.4, -0.2) is 59.3 Å². The number of carbonyl (C=O) groups excluding carboxylic acids is 1. The van der Waals surface area contributed by atoms with Gasteiger partial charge in [0.25, 0.3) is 0 Å². The maximum Gasteiger partial charge on any atom is 0.341 e. The molecule has 0 aromatic carbocycles. The van der Waals surface area contributed by atoms with E-state index in [1.54, 1.807) is 0 Å². The summed E-state index contributed by atoms with van der Waals surface area (Å²) in [5.74, 6) is 0.147. The van der Waals surface area contributed by atoms with Crippen molar-refractivity contribution in [1.29, 1.82) is 0 Å². The number of morpholine rings is 1. The van der Waals surface area contributed by atoms with Crippen molar-refractivity contribution in [3.8, 4) is 11.3 Å². The number of nitrogens with two attached hydrogens (primary N) is 1. The van der Waals surface area contributed by atoms with E-state index in [1.165, 1.54) is 25.7 Å². The number of anilines is 2. The highest BCUT2D eigenvalue weighted by atomic mass is 16.5. The predicted octanol–water partition coefficient (Wildman–Crippen LogP) is 0.139. The molecule has 9 heteroatoms. The number of esters is 1. The van der Waals surface area contributed by atoms with E-state index in [2.05, 4.69) is 19.9 Å². The fraction of sp³-hybridized carbons (Fsp3) is 0.357. The van der Waals surface area contributed by atoms with Gasteiger partial charge in [-0.2, -0.15) is 0 Å². The van der Waals surface area contributed by atoms with Crippen LogP contribution in [0.4, 0.5) is 11.9 Å². The lowest BCUT2D eigenvalue weighted by molar-refractivity contribution is 0.0600. The summed E-state index contributed by atoms with van der Waals surface area (Å²) in [6, 6.07) is 0. The smallest absolute Gasteiger partial charge is 0.341 e. The fourth-order valence-corrected chi connectivity index (χ4v) is 2.23. The van der Waals surface area contributed by atoms with E-state index in [-0.39, 0.29) is 11.5 Å². The highest BCUT2D eigenvalue weighted by Crippen LogP contribution is 2.23. The summed E-state index contributed by atoms with van der Waals surface area (Å²) in [6.45, 7) is 2.61. The molecule has 0 amide bonds. The summed E-state index contributed by atoms with van der Waals surface area (Å²) in [6.07, 6.45) is 4.48. The number of hydrogen-bond donors (Lipinski definition) is 1. The number of methoxy groups -OCH3 is 1. The zero-order valence-corrected chi connectivity index (χ0v) is 12.6. The van der Waals surface area contributed by atoms with Gasteiger partial charge in [0, 0.05) is 37.2 Å². The molecule has 120 valence electrons. The summed E-state index contributed by atoms with van der Waals surface area (Å²) in [7, 11) is 1.31. The Kier molecular flexibility index (Phi) is 4.29. The van der Waals surface area contributed by atoms with Gasteiger partial charge in [0.1, 0.15) is 5.56 Å². The van der Waals surface area contributed by atoms with E-state index >= 15 is 0 Å². The zero-order chi connectivity index (χ0) is 16.2. The van der Waals surface area contributed by atoms with Crippen molar-refractivity contribution in [2.45, 2.75) is 0 Å². The van der Waals surface area contributed by atoms with E-state index in [1.807, 2.05) is 4.90 Å². The molecule has 0 spiro atoms. The molecule has 0 aliphatic carbocycles. The van der Waals surface area contributed by atoms with E-state index in [0.717, 1.165) is 0 Å². The first-order valence-electron chi connectivity index (χ1n) is 7.05. The lowest BCUT2D eigenvalue weighted by Gasteiger charge is -2.27. The number of nitrogen functional groups attached to an aromatic ring is 1. The van der Waals surface area contributed by atoms with Crippen molar-refractivity contribution in [1.82, 2.24) is 19.9 Å². The van der Waals surface area contributed by atoms with Gasteiger partial charge in [0.05, 0.1) is 26.0 Å². The van der Waals surface area contributed by atoms with Crippen LogP contribution in [0.5, 0.6) is 0 Å². The summed E-state index contributed by atoms with van der Waals surface area (Å²) < 4.78 is 10.1. The Balaban J connectivity index is 2.04. The first-order chi connectivity index (χ1) is 11.2. The van der Waals surface area contributed by atoms with Crippen LogP contribution < -0.4 is 10.6 Å². The third-order valence-corrected chi connectivity index (χ3v) is 3.42. The standard InChI is InChI=1S/C14H16N6O3/c1-22-12(21)10-8-18-14(20-2-4-23-5-3-20)19-11(10)9-6-16-13(15)17-7-9/h6-8H,2-5H2,1H3,(H2,15,16,17). The molecule has 9 nitrogen and oxygen atoms in total. The van der Waals surface area contributed by atoms with Gasteiger partial charge in [-0.05, 0) is 0 Å². The molecular formula is C14H16N6O3. The molecule has 3 heterocycles. The highest BCUT2D eigenvalue weighted by molar-refractivity contribution is 5.95. The van der Waals surface area contributed by atoms with Crippen molar-refractivity contribution in [2.24, 2.45) is 0 Å². The molecule has 1 fully saturated rings. The van der Waals surface area contributed by atoms with Crippen molar-refractivity contribution < 1.29 is 14.3 Å². The molecule has 0 unspecified atom stereocenters. The molecule has 3 rings (SSSR count). The fourth-order valence-electron chi connectivity index (χ4n) is 2.23. The van der Waals surface area contributed by atoms with Crippen LogP contribution in [-0.2, 0) is 9.47 Å². The molecule has 1 aliphatic rings. The van der Waals surface area contributed by atoms with E-state index in [9.17, 15) is 4.79 Å². The predicted molar refractivity (Wildman–Crippen MR) is 81.8 cm³/mol. The SMILES string of the molecule is COC(=O)c1cnc(N2CCOCC2)nc1-c1cnc(N)nc1. The van der Waals surface area contributed by atoms with Crippen molar-refractivity contribution in [2.75, 3.05) is 44.0 Å². The Labute approximate surface area is 132 Å². The van der Waals surface area contributed by atoms with Crippen LogP contribution in [0.3, 0.4) is 0 Å². The average Bonchev–Trinajstić information content (AvgIpc) is 2.62. The van der Waals surface area contributed by atoms with Gasteiger partial charge in [-0.3, -0.25) is 0 Å². The third kappa shape index (κ3) is 3.19. The Hall–Kier alpha value is -2.81. The van der Waals surface area contributed by atoms with Crippen LogP contribution in [0.15, 0.2) is 18.6 Å². The van der Waals surface area contributed by atoms with Gasteiger partial charge >= 0.3 is 5.97 Å².